The molecule has 0 unspecified atom stereocenters. The molecular formula is C24H39N3O. The summed E-state index contributed by atoms with van der Waals surface area (Å²) >= 11 is 0. The number of carbonyl (C=O) groups excluding carboxylic acids is 1. The fraction of sp³-hybridized carbons (Fsp3) is 0.708. The van der Waals surface area contributed by atoms with E-state index >= 15 is 0 Å². The second-order valence-electron chi connectivity index (χ2n) is 10.1. The van der Waals surface area contributed by atoms with Gasteiger partial charge >= 0.3 is 0 Å². The van der Waals surface area contributed by atoms with E-state index in [1.807, 2.05) is 0 Å². The molecule has 0 aromatic heterocycles. The Morgan fingerprint density at radius 3 is 2.11 bits per heavy atom. The normalized spacial score (nSPS) is 19.7. The highest BCUT2D eigenvalue weighted by Gasteiger charge is 2.26. The summed E-state index contributed by atoms with van der Waals surface area (Å²) in [6.07, 6.45) is 7.23. The van der Waals surface area contributed by atoms with Gasteiger partial charge < -0.3 is 15.1 Å². The fourth-order valence-corrected chi connectivity index (χ4v) is 4.76. The number of nitrogens with zero attached hydrogens (tertiary/aromatic N) is 2. The summed E-state index contributed by atoms with van der Waals surface area (Å²) in [7, 11) is 0. The number of aryl methyl sites for hydroxylation is 2. The summed E-state index contributed by atoms with van der Waals surface area (Å²) in [4.78, 5) is 17.6. The van der Waals surface area contributed by atoms with Crippen LogP contribution in [0.1, 0.15) is 70.4 Å². The predicted octanol–water partition coefficient (Wildman–Crippen LogP) is 5.13. The quantitative estimate of drug-likeness (QED) is 0.780. The number of amides is 1. The highest BCUT2D eigenvalue weighted by atomic mass is 16.1. The number of rotatable bonds is 4. The molecule has 3 rings (SSSR count). The first kappa shape index (κ1) is 21.2. The monoisotopic (exact) mass is 385 g/mol. The zero-order chi connectivity index (χ0) is 20.3. The van der Waals surface area contributed by atoms with Gasteiger partial charge in [0.25, 0.3) is 0 Å². The number of benzene rings is 1. The smallest absolute Gasteiger partial charge is 0.224 e. The van der Waals surface area contributed by atoms with Gasteiger partial charge in [-0.1, -0.05) is 27.2 Å². The second kappa shape index (κ2) is 8.86. The van der Waals surface area contributed by atoms with Crippen LogP contribution in [0.15, 0.2) is 12.1 Å². The molecule has 2 aliphatic rings. The Balaban J connectivity index is 1.62. The van der Waals surface area contributed by atoms with Crippen molar-refractivity contribution in [3.63, 3.8) is 0 Å². The number of anilines is 2. The van der Waals surface area contributed by atoms with Crippen molar-refractivity contribution in [2.24, 2.45) is 5.41 Å². The predicted molar refractivity (Wildman–Crippen MR) is 119 cm³/mol. The summed E-state index contributed by atoms with van der Waals surface area (Å²) in [5, 5.41) is 3.15. The van der Waals surface area contributed by atoms with Gasteiger partial charge in [0.2, 0.25) is 5.91 Å². The Labute approximate surface area is 171 Å². The van der Waals surface area contributed by atoms with Crippen LogP contribution in [-0.2, 0) is 4.79 Å². The number of hydrogen-bond donors (Lipinski definition) is 1. The van der Waals surface area contributed by atoms with E-state index in [-0.39, 0.29) is 11.3 Å². The summed E-state index contributed by atoms with van der Waals surface area (Å²) in [6, 6.07) is 5.27. The Morgan fingerprint density at radius 1 is 1.00 bits per heavy atom. The first-order valence-electron chi connectivity index (χ1n) is 11.1. The summed E-state index contributed by atoms with van der Waals surface area (Å²) in [5.41, 5.74) is 4.62. The molecule has 4 nitrogen and oxygen atoms in total. The lowest BCUT2D eigenvalue weighted by atomic mass is 9.92. The van der Waals surface area contributed by atoms with E-state index in [4.69, 9.17) is 0 Å². The molecule has 2 fully saturated rings. The van der Waals surface area contributed by atoms with Gasteiger partial charge in [0, 0.05) is 36.9 Å². The van der Waals surface area contributed by atoms with Gasteiger partial charge in [-0.3, -0.25) is 4.79 Å². The third kappa shape index (κ3) is 5.50. The van der Waals surface area contributed by atoms with Gasteiger partial charge in [-0.25, -0.2) is 0 Å². The van der Waals surface area contributed by atoms with Gasteiger partial charge in [-0.15, -0.1) is 0 Å². The van der Waals surface area contributed by atoms with Crippen molar-refractivity contribution in [3.05, 3.63) is 23.3 Å². The number of piperidine rings is 2. The van der Waals surface area contributed by atoms with Crippen LogP contribution in [0.4, 0.5) is 11.4 Å². The highest BCUT2D eigenvalue weighted by molar-refractivity contribution is 5.93. The van der Waals surface area contributed by atoms with Gasteiger partial charge in [-0.05, 0) is 81.3 Å². The summed E-state index contributed by atoms with van der Waals surface area (Å²) in [6.45, 7) is 15.4. The number of hydrogen-bond acceptors (Lipinski definition) is 3. The van der Waals surface area contributed by atoms with Crippen molar-refractivity contribution in [3.8, 4) is 0 Å². The Kier molecular flexibility index (Phi) is 6.69. The van der Waals surface area contributed by atoms with E-state index in [9.17, 15) is 4.79 Å². The molecule has 2 aliphatic heterocycles. The summed E-state index contributed by atoms with van der Waals surface area (Å²) in [5.74, 6) is 0.105. The molecular weight excluding hydrogens is 346 g/mol. The lowest BCUT2D eigenvalue weighted by molar-refractivity contribution is -0.117. The number of nitrogens with one attached hydrogen (secondary N) is 1. The summed E-state index contributed by atoms with van der Waals surface area (Å²) < 4.78 is 0. The number of likely N-dealkylation sites (tertiary alicyclic amines) is 1. The minimum Gasteiger partial charge on any atom is -0.371 e. The molecule has 1 aromatic rings. The Morgan fingerprint density at radius 2 is 1.57 bits per heavy atom. The number of carbonyl (C=O) groups is 1. The van der Waals surface area contributed by atoms with E-state index in [0.29, 0.717) is 6.42 Å². The van der Waals surface area contributed by atoms with Crippen molar-refractivity contribution in [2.75, 3.05) is 36.4 Å². The molecule has 1 N–H and O–H groups in total. The molecule has 4 heteroatoms. The third-order valence-electron chi connectivity index (χ3n) is 6.21. The van der Waals surface area contributed by atoms with E-state index in [1.54, 1.807) is 0 Å². The first-order valence-corrected chi connectivity index (χ1v) is 11.1. The van der Waals surface area contributed by atoms with Crippen molar-refractivity contribution in [2.45, 2.75) is 79.2 Å². The molecule has 2 heterocycles. The largest absolute Gasteiger partial charge is 0.371 e. The maximum atomic E-state index is 12.4. The minimum absolute atomic E-state index is 0.00450. The van der Waals surface area contributed by atoms with Crippen molar-refractivity contribution < 1.29 is 4.79 Å². The third-order valence-corrected chi connectivity index (χ3v) is 6.21. The van der Waals surface area contributed by atoms with Crippen LogP contribution in [0, 0.1) is 19.3 Å². The molecule has 156 valence electrons. The SMILES string of the molecule is Cc1cc(N2CCC(N3CCCCC3)CC2)cc(C)c1NC(=O)CC(C)(C)C. The fourth-order valence-electron chi connectivity index (χ4n) is 4.76. The van der Waals surface area contributed by atoms with Crippen LogP contribution in [0.25, 0.3) is 0 Å². The van der Waals surface area contributed by atoms with Crippen LogP contribution in [0.3, 0.4) is 0 Å². The molecule has 1 aromatic carbocycles. The van der Waals surface area contributed by atoms with Crippen molar-refractivity contribution in [1.82, 2.24) is 4.90 Å². The Hall–Kier alpha value is -1.55. The molecule has 0 radical (unpaired) electrons. The van der Waals surface area contributed by atoms with E-state index < -0.39 is 0 Å². The Bertz CT molecular complexity index is 655. The first-order chi connectivity index (χ1) is 13.2. The maximum Gasteiger partial charge on any atom is 0.224 e. The molecule has 2 saturated heterocycles. The zero-order valence-corrected chi connectivity index (χ0v) is 18.6. The van der Waals surface area contributed by atoms with E-state index in [2.05, 4.69) is 61.9 Å². The average Bonchev–Trinajstić information content (AvgIpc) is 2.64. The molecule has 0 bridgehead atoms. The van der Waals surface area contributed by atoms with Crippen LogP contribution in [0.5, 0.6) is 0 Å². The van der Waals surface area contributed by atoms with Gasteiger partial charge in [-0.2, -0.15) is 0 Å². The van der Waals surface area contributed by atoms with Crippen LogP contribution >= 0.6 is 0 Å². The highest BCUT2D eigenvalue weighted by Crippen LogP contribution is 2.31. The van der Waals surface area contributed by atoms with Crippen molar-refractivity contribution in [1.29, 1.82) is 0 Å². The van der Waals surface area contributed by atoms with E-state index in [1.165, 1.54) is 50.9 Å². The molecule has 0 atom stereocenters. The molecule has 0 spiro atoms. The topological polar surface area (TPSA) is 35.6 Å². The van der Waals surface area contributed by atoms with Gasteiger partial charge in [0.1, 0.15) is 0 Å². The van der Waals surface area contributed by atoms with Crippen LogP contribution < -0.4 is 10.2 Å². The minimum atomic E-state index is 0.00450. The second-order valence-corrected chi connectivity index (χ2v) is 10.1. The van der Waals surface area contributed by atoms with E-state index in [0.717, 1.165) is 35.9 Å². The molecule has 28 heavy (non-hydrogen) atoms. The molecule has 1 amide bonds. The lowest BCUT2D eigenvalue weighted by Gasteiger charge is -2.41. The maximum absolute atomic E-state index is 12.4. The average molecular weight is 386 g/mol. The standard InChI is InChI=1S/C24H39N3O/c1-18-15-21(16-19(2)23(18)25-22(28)17-24(3,4)5)27-13-9-20(10-14-27)26-11-7-6-8-12-26/h15-16,20H,6-14,17H2,1-5H3,(H,25,28). The van der Waals surface area contributed by atoms with Crippen molar-refractivity contribution >= 4 is 17.3 Å². The van der Waals surface area contributed by atoms with Crippen LogP contribution in [0.2, 0.25) is 0 Å². The molecule has 0 saturated carbocycles. The lowest BCUT2D eigenvalue weighted by Crippen LogP contribution is -2.46. The van der Waals surface area contributed by atoms with Gasteiger partial charge in [0.05, 0.1) is 0 Å². The van der Waals surface area contributed by atoms with Crippen LogP contribution in [-0.4, -0.2) is 43.0 Å². The van der Waals surface area contributed by atoms with Gasteiger partial charge in [0.15, 0.2) is 0 Å². The molecule has 0 aliphatic carbocycles. The zero-order valence-electron chi connectivity index (χ0n) is 18.6.